The van der Waals surface area contributed by atoms with Crippen LogP contribution in [0.25, 0.3) is 11.4 Å². The van der Waals surface area contributed by atoms with Gasteiger partial charge in [-0.1, -0.05) is 47.5 Å². The van der Waals surface area contributed by atoms with Gasteiger partial charge >= 0.3 is 0 Å². The zero-order valence-electron chi connectivity index (χ0n) is 10.6. The first kappa shape index (κ1) is 13.0. The number of aromatic nitrogens is 2. The second-order valence-electron chi connectivity index (χ2n) is 4.05. The van der Waals surface area contributed by atoms with Gasteiger partial charge in [-0.3, -0.25) is 0 Å². The minimum atomic E-state index is 0.762. The van der Waals surface area contributed by atoms with Crippen LogP contribution in [0.2, 0.25) is 0 Å². The van der Waals surface area contributed by atoms with Gasteiger partial charge in [0.15, 0.2) is 5.82 Å². The lowest BCUT2D eigenvalue weighted by Gasteiger charge is -2.08. The molecule has 4 heteroatoms. The largest absolute Gasteiger partial charge is 0.373 e. The molecule has 0 saturated carbocycles. The SMILES string of the molecule is CCCc1cc(NC)nc(-c2ccccc2Br)n1. The number of anilines is 1. The molecule has 0 fully saturated rings. The van der Waals surface area contributed by atoms with Crippen LogP contribution in [0.1, 0.15) is 19.0 Å². The Morgan fingerprint density at radius 3 is 2.67 bits per heavy atom. The molecule has 2 aromatic rings. The Kier molecular flexibility index (Phi) is 4.31. The molecule has 94 valence electrons. The molecule has 0 unspecified atom stereocenters. The van der Waals surface area contributed by atoms with Crippen molar-refractivity contribution < 1.29 is 0 Å². The highest BCUT2D eigenvalue weighted by Crippen LogP contribution is 2.26. The van der Waals surface area contributed by atoms with Crippen LogP contribution in [0.15, 0.2) is 34.8 Å². The molecular formula is C14H16BrN3. The summed E-state index contributed by atoms with van der Waals surface area (Å²) in [6.07, 6.45) is 2.05. The predicted octanol–water partition coefficient (Wildman–Crippen LogP) is 3.90. The Hall–Kier alpha value is -1.42. The third-order valence-electron chi connectivity index (χ3n) is 2.66. The van der Waals surface area contributed by atoms with Gasteiger partial charge < -0.3 is 5.32 Å². The summed E-state index contributed by atoms with van der Waals surface area (Å²) in [6, 6.07) is 10.0. The Balaban J connectivity index is 2.50. The van der Waals surface area contributed by atoms with Gasteiger partial charge in [0, 0.05) is 28.8 Å². The fourth-order valence-corrected chi connectivity index (χ4v) is 2.23. The van der Waals surface area contributed by atoms with Crippen molar-refractivity contribution in [1.29, 1.82) is 0 Å². The molecule has 0 aliphatic heterocycles. The number of nitrogens with zero attached hydrogens (tertiary/aromatic N) is 2. The molecule has 0 spiro atoms. The molecule has 2 rings (SSSR count). The lowest BCUT2D eigenvalue weighted by atomic mass is 10.2. The van der Waals surface area contributed by atoms with Gasteiger partial charge in [0.1, 0.15) is 5.82 Å². The second kappa shape index (κ2) is 5.96. The molecule has 18 heavy (non-hydrogen) atoms. The number of hydrogen-bond donors (Lipinski definition) is 1. The molecule has 0 saturated heterocycles. The molecule has 1 aromatic heterocycles. The summed E-state index contributed by atoms with van der Waals surface area (Å²) >= 11 is 3.54. The number of hydrogen-bond acceptors (Lipinski definition) is 3. The summed E-state index contributed by atoms with van der Waals surface area (Å²) in [5, 5.41) is 3.09. The van der Waals surface area contributed by atoms with Crippen LogP contribution in [-0.2, 0) is 6.42 Å². The summed E-state index contributed by atoms with van der Waals surface area (Å²) in [6.45, 7) is 2.15. The smallest absolute Gasteiger partial charge is 0.162 e. The Labute approximate surface area is 116 Å². The zero-order valence-corrected chi connectivity index (χ0v) is 12.2. The van der Waals surface area contributed by atoms with E-state index >= 15 is 0 Å². The third-order valence-corrected chi connectivity index (χ3v) is 3.35. The highest BCUT2D eigenvalue weighted by molar-refractivity contribution is 9.10. The number of nitrogens with one attached hydrogen (secondary N) is 1. The third kappa shape index (κ3) is 2.88. The molecule has 0 amide bonds. The molecule has 1 N–H and O–H groups in total. The van der Waals surface area contributed by atoms with Crippen molar-refractivity contribution in [3.05, 3.63) is 40.5 Å². The molecule has 0 radical (unpaired) electrons. The number of aryl methyl sites for hydroxylation is 1. The van der Waals surface area contributed by atoms with Crippen molar-refractivity contribution in [2.75, 3.05) is 12.4 Å². The molecule has 0 aliphatic carbocycles. The summed E-state index contributed by atoms with van der Waals surface area (Å²) in [5.41, 5.74) is 2.09. The van der Waals surface area contributed by atoms with E-state index in [9.17, 15) is 0 Å². The van der Waals surface area contributed by atoms with E-state index in [1.54, 1.807) is 0 Å². The summed E-state index contributed by atoms with van der Waals surface area (Å²) in [4.78, 5) is 9.13. The van der Waals surface area contributed by atoms with E-state index in [0.29, 0.717) is 0 Å². The van der Waals surface area contributed by atoms with E-state index in [0.717, 1.165) is 40.2 Å². The summed E-state index contributed by atoms with van der Waals surface area (Å²) in [5.74, 6) is 1.62. The first-order valence-electron chi connectivity index (χ1n) is 6.05. The van der Waals surface area contributed by atoms with E-state index in [1.807, 2.05) is 37.4 Å². The quantitative estimate of drug-likeness (QED) is 0.931. The summed E-state index contributed by atoms with van der Waals surface area (Å²) < 4.78 is 1.01. The zero-order chi connectivity index (χ0) is 13.0. The van der Waals surface area contributed by atoms with Crippen molar-refractivity contribution in [1.82, 2.24) is 9.97 Å². The van der Waals surface area contributed by atoms with Gasteiger partial charge in [-0.2, -0.15) is 0 Å². The molecule has 1 heterocycles. The van der Waals surface area contributed by atoms with Gasteiger partial charge in [-0.15, -0.1) is 0 Å². The molecule has 0 atom stereocenters. The van der Waals surface area contributed by atoms with Crippen LogP contribution >= 0.6 is 15.9 Å². The first-order valence-corrected chi connectivity index (χ1v) is 6.84. The standard InChI is InChI=1S/C14H16BrN3/c1-3-6-10-9-13(16-2)18-14(17-10)11-7-4-5-8-12(11)15/h4-5,7-9H,3,6H2,1-2H3,(H,16,17,18). The van der Waals surface area contributed by atoms with Gasteiger partial charge in [-0.25, -0.2) is 9.97 Å². The van der Waals surface area contributed by atoms with Crippen LogP contribution in [-0.4, -0.2) is 17.0 Å². The summed E-state index contributed by atoms with van der Waals surface area (Å²) in [7, 11) is 1.88. The number of halogens is 1. The van der Waals surface area contributed by atoms with Crippen LogP contribution < -0.4 is 5.32 Å². The minimum Gasteiger partial charge on any atom is -0.373 e. The normalized spacial score (nSPS) is 10.4. The molecule has 1 aromatic carbocycles. The van der Waals surface area contributed by atoms with Gasteiger partial charge in [0.25, 0.3) is 0 Å². The van der Waals surface area contributed by atoms with E-state index in [4.69, 9.17) is 0 Å². The van der Waals surface area contributed by atoms with Gasteiger partial charge in [0.05, 0.1) is 0 Å². The van der Waals surface area contributed by atoms with E-state index in [1.165, 1.54) is 0 Å². The highest BCUT2D eigenvalue weighted by Gasteiger charge is 2.08. The van der Waals surface area contributed by atoms with Crippen LogP contribution in [0.4, 0.5) is 5.82 Å². The monoisotopic (exact) mass is 305 g/mol. The molecule has 0 aliphatic rings. The van der Waals surface area contributed by atoms with Crippen LogP contribution in [0, 0.1) is 0 Å². The van der Waals surface area contributed by atoms with Gasteiger partial charge in [-0.05, 0) is 12.5 Å². The second-order valence-corrected chi connectivity index (χ2v) is 4.90. The Bertz CT molecular complexity index is 540. The molecule has 0 bridgehead atoms. The highest BCUT2D eigenvalue weighted by atomic mass is 79.9. The molecular weight excluding hydrogens is 290 g/mol. The maximum Gasteiger partial charge on any atom is 0.162 e. The fraction of sp³-hybridized carbons (Fsp3) is 0.286. The lowest BCUT2D eigenvalue weighted by Crippen LogP contribution is -2.01. The van der Waals surface area contributed by atoms with Crippen molar-refractivity contribution in [3.8, 4) is 11.4 Å². The lowest BCUT2D eigenvalue weighted by molar-refractivity contribution is 0.876. The number of benzene rings is 1. The maximum absolute atomic E-state index is 4.62. The predicted molar refractivity (Wildman–Crippen MR) is 78.7 cm³/mol. The van der Waals surface area contributed by atoms with Gasteiger partial charge in [0.2, 0.25) is 0 Å². The van der Waals surface area contributed by atoms with E-state index < -0.39 is 0 Å². The Morgan fingerprint density at radius 2 is 2.00 bits per heavy atom. The minimum absolute atomic E-state index is 0.762. The average Bonchev–Trinajstić information content (AvgIpc) is 2.39. The van der Waals surface area contributed by atoms with Crippen molar-refractivity contribution in [2.45, 2.75) is 19.8 Å². The van der Waals surface area contributed by atoms with Crippen molar-refractivity contribution >= 4 is 21.7 Å². The Morgan fingerprint density at radius 1 is 1.22 bits per heavy atom. The van der Waals surface area contributed by atoms with E-state index in [-0.39, 0.29) is 0 Å². The fourth-order valence-electron chi connectivity index (χ4n) is 1.77. The van der Waals surface area contributed by atoms with Crippen LogP contribution in [0.5, 0.6) is 0 Å². The van der Waals surface area contributed by atoms with Crippen molar-refractivity contribution in [3.63, 3.8) is 0 Å². The maximum atomic E-state index is 4.62. The number of rotatable bonds is 4. The van der Waals surface area contributed by atoms with Crippen LogP contribution in [0.3, 0.4) is 0 Å². The molecule has 3 nitrogen and oxygen atoms in total. The first-order chi connectivity index (χ1) is 8.74. The average molecular weight is 306 g/mol. The van der Waals surface area contributed by atoms with Crippen molar-refractivity contribution in [2.24, 2.45) is 0 Å². The topological polar surface area (TPSA) is 37.8 Å². The van der Waals surface area contributed by atoms with E-state index in [2.05, 4.69) is 38.1 Å².